The lowest BCUT2D eigenvalue weighted by Crippen LogP contribution is -2.29. The smallest absolute Gasteiger partial charge is 0.149 e. The van der Waals surface area contributed by atoms with Crippen LogP contribution in [0.1, 0.15) is 13.3 Å². The molecule has 0 aliphatic carbocycles. The van der Waals surface area contributed by atoms with Crippen molar-refractivity contribution in [3.8, 4) is 0 Å². The Morgan fingerprint density at radius 2 is 2.12 bits per heavy atom. The third-order valence-corrected chi connectivity index (χ3v) is 2.96. The fourth-order valence-electron chi connectivity index (χ4n) is 1.99. The zero-order valence-corrected chi connectivity index (χ0v) is 9.34. The Labute approximate surface area is 94.3 Å². The first-order valence-electron chi connectivity index (χ1n) is 5.60. The van der Waals surface area contributed by atoms with Gasteiger partial charge in [-0.05, 0) is 25.5 Å². The Morgan fingerprint density at radius 1 is 1.31 bits per heavy atom. The predicted molar refractivity (Wildman–Crippen MR) is 60.7 cm³/mol. The maximum atomic E-state index is 13.6. The largest absolute Gasteiger partial charge is 0.368 e. The maximum Gasteiger partial charge on any atom is 0.149 e. The number of halogens is 2. The summed E-state index contributed by atoms with van der Waals surface area (Å²) in [6, 6.07) is 4.21. The minimum Gasteiger partial charge on any atom is -0.368 e. The molecule has 16 heavy (non-hydrogen) atoms. The molecule has 0 bridgehead atoms. The SMILES string of the molecule is CC1CCN(c2ccc(F)cc2F)CCN1. The molecule has 1 aromatic carbocycles. The molecule has 1 heterocycles. The van der Waals surface area contributed by atoms with Gasteiger partial charge in [0, 0.05) is 31.7 Å². The summed E-state index contributed by atoms with van der Waals surface area (Å²) in [4.78, 5) is 1.96. The van der Waals surface area contributed by atoms with Crippen LogP contribution in [0, 0.1) is 11.6 Å². The summed E-state index contributed by atoms with van der Waals surface area (Å²) in [6.45, 7) is 4.51. The summed E-state index contributed by atoms with van der Waals surface area (Å²) in [5.74, 6) is -1.00. The van der Waals surface area contributed by atoms with Gasteiger partial charge >= 0.3 is 0 Å². The molecule has 0 radical (unpaired) electrons. The van der Waals surface area contributed by atoms with Crippen LogP contribution >= 0.6 is 0 Å². The van der Waals surface area contributed by atoms with Crippen molar-refractivity contribution in [3.05, 3.63) is 29.8 Å². The third-order valence-electron chi connectivity index (χ3n) is 2.96. The minimum atomic E-state index is -0.525. The van der Waals surface area contributed by atoms with Crippen molar-refractivity contribution in [2.24, 2.45) is 0 Å². The maximum absolute atomic E-state index is 13.6. The van der Waals surface area contributed by atoms with E-state index >= 15 is 0 Å². The molecule has 1 unspecified atom stereocenters. The molecule has 0 saturated carbocycles. The Kier molecular flexibility index (Phi) is 3.39. The van der Waals surface area contributed by atoms with Crippen LogP contribution < -0.4 is 10.2 Å². The first kappa shape index (κ1) is 11.3. The molecule has 1 N–H and O–H groups in total. The molecule has 2 nitrogen and oxygen atoms in total. The number of hydrogen-bond acceptors (Lipinski definition) is 2. The molecular formula is C12H16F2N2. The zero-order valence-electron chi connectivity index (χ0n) is 9.34. The zero-order chi connectivity index (χ0) is 11.5. The highest BCUT2D eigenvalue weighted by atomic mass is 19.1. The second-order valence-electron chi connectivity index (χ2n) is 4.23. The Balaban J connectivity index is 2.16. The van der Waals surface area contributed by atoms with E-state index in [0.29, 0.717) is 11.7 Å². The van der Waals surface area contributed by atoms with Crippen molar-refractivity contribution in [1.82, 2.24) is 5.32 Å². The first-order chi connectivity index (χ1) is 7.66. The van der Waals surface area contributed by atoms with Gasteiger partial charge in [0.15, 0.2) is 0 Å². The number of rotatable bonds is 1. The molecule has 0 amide bonds. The summed E-state index contributed by atoms with van der Waals surface area (Å²) in [7, 11) is 0. The van der Waals surface area contributed by atoms with Crippen LogP contribution in [0.15, 0.2) is 18.2 Å². The topological polar surface area (TPSA) is 15.3 Å². The first-order valence-corrected chi connectivity index (χ1v) is 5.60. The third kappa shape index (κ3) is 2.50. The number of nitrogens with zero attached hydrogens (tertiary/aromatic N) is 1. The summed E-state index contributed by atoms with van der Waals surface area (Å²) in [5, 5.41) is 3.34. The van der Waals surface area contributed by atoms with E-state index in [9.17, 15) is 8.78 Å². The van der Waals surface area contributed by atoms with E-state index < -0.39 is 11.6 Å². The van der Waals surface area contributed by atoms with Crippen LogP contribution in [0.4, 0.5) is 14.5 Å². The molecule has 1 fully saturated rings. The molecule has 0 spiro atoms. The normalized spacial score (nSPS) is 21.9. The van der Waals surface area contributed by atoms with E-state index in [0.717, 1.165) is 32.1 Å². The van der Waals surface area contributed by atoms with Crippen LogP contribution in [0.5, 0.6) is 0 Å². The van der Waals surface area contributed by atoms with E-state index in [2.05, 4.69) is 12.2 Å². The molecule has 0 aromatic heterocycles. The minimum absolute atomic E-state index is 0.452. The van der Waals surface area contributed by atoms with Crippen LogP contribution in [-0.4, -0.2) is 25.7 Å². The monoisotopic (exact) mass is 226 g/mol. The van der Waals surface area contributed by atoms with Gasteiger partial charge in [0.05, 0.1) is 5.69 Å². The van der Waals surface area contributed by atoms with E-state index in [1.807, 2.05) is 4.90 Å². The standard InChI is InChI=1S/C12H16F2N2/c1-9-4-6-16(7-5-15-9)12-3-2-10(13)8-11(12)14/h2-3,8-9,15H,4-7H2,1H3. The van der Waals surface area contributed by atoms with Gasteiger partial charge in [0.25, 0.3) is 0 Å². The molecule has 1 saturated heterocycles. The van der Waals surface area contributed by atoms with Gasteiger partial charge < -0.3 is 10.2 Å². The highest BCUT2D eigenvalue weighted by Gasteiger charge is 2.16. The van der Waals surface area contributed by atoms with Gasteiger partial charge in [-0.2, -0.15) is 0 Å². The Bertz CT molecular complexity index is 368. The number of nitrogens with one attached hydrogen (secondary N) is 1. The second kappa shape index (κ2) is 4.78. The van der Waals surface area contributed by atoms with E-state index in [1.54, 1.807) is 0 Å². The van der Waals surface area contributed by atoms with Crippen LogP contribution in [0.3, 0.4) is 0 Å². The quantitative estimate of drug-likeness (QED) is 0.789. The van der Waals surface area contributed by atoms with Crippen LogP contribution in [0.2, 0.25) is 0 Å². The molecule has 2 rings (SSSR count). The molecule has 1 aliphatic rings. The van der Waals surface area contributed by atoms with Gasteiger partial charge in [-0.15, -0.1) is 0 Å². The average molecular weight is 226 g/mol. The lowest BCUT2D eigenvalue weighted by molar-refractivity contribution is 0.565. The highest BCUT2D eigenvalue weighted by molar-refractivity contribution is 5.48. The predicted octanol–water partition coefficient (Wildman–Crippen LogP) is 2.15. The van der Waals surface area contributed by atoms with Gasteiger partial charge in [-0.3, -0.25) is 0 Å². The van der Waals surface area contributed by atoms with Gasteiger partial charge in [0.2, 0.25) is 0 Å². The summed E-state index contributed by atoms with van der Waals surface area (Å²) in [5.41, 5.74) is 0.498. The lowest BCUT2D eigenvalue weighted by Gasteiger charge is -2.22. The van der Waals surface area contributed by atoms with Gasteiger partial charge in [-0.1, -0.05) is 0 Å². The van der Waals surface area contributed by atoms with Gasteiger partial charge in [0.1, 0.15) is 11.6 Å². The van der Waals surface area contributed by atoms with Crippen molar-refractivity contribution >= 4 is 5.69 Å². The molecule has 1 aromatic rings. The van der Waals surface area contributed by atoms with Crippen LogP contribution in [-0.2, 0) is 0 Å². The number of hydrogen-bond donors (Lipinski definition) is 1. The molecule has 1 aliphatic heterocycles. The van der Waals surface area contributed by atoms with Crippen molar-refractivity contribution in [2.45, 2.75) is 19.4 Å². The summed E-state index contributed by atoms with van der Waals surface area (Å²) >= 11 is 0. The molecule has 4 heteroatoms. The van der Waals surface area contributed by atoms with Crippen molar-refractivity contribution in [2.75, 3.05) is 24.5 Å². The van der Waals surface area contributed by atoms with E-state index in [-0.39, 0.29) is 0 Å². The number of anilines is 1. The van der Waals surface area contributed by atoms with Gasteiger partial charge in [-0.25, -0.2) is 8.78 Å². The molecule has 88 valence electrons. The fraction of sp³-hybridized carbons (Fsp3) is 0.500. The Morgan fingerprint density at radius 3 is 2.88 bits per heavy atom. The van der Waals surface area contributed by atoms with Crippen molar-refractivity contribution in [3.63, 3.8) is 0 Å². The average Bonchev–Trinajstić information content (AvgIpc) is 2.43. The molecular weight excluding hydrogens is 210 g/mol. The van der Waals surface area contributed by atoms with Crippen molar-refractivity contribution in [1.29, 1.82) is 0 Å². The second-order valence-corrected chi connectivity index (χ2v) is 4.23. The highest BCUT2D eigenvalue weighted by Crippen LogP contribution is 2.21. The fourth-order valence-corrected chi connectivity index (χ4v) is 1.99. The lowest BCUT2D eigenvalue weighted by atomic mass is 10.2. The van der Waals surface area contributed by atoms with E-state index in [4.69, 9.17) is 0 Å². The van der Waals surface area contributed by atoms with Crippen molar-refractivity contribution < 1.29 is 8.78 Å². The van der Waals surface area contributed by atoms with E-state index in [1.165, 1.54) is 12.1 Å². The summed E-state index contributed by atoms with van der Waals surface area (Å²) in [6.07, 6.45) is 0.969. The van der Waals surface area contributed by atoms with Crippen LogP contribution in [0.25, 0.3) is 0 Å². The molecule has 1 atom stereocenters. The Hall–Kier alpha value is -1.16. The number of benzene rings is 1. The summed E-state index contributed by atoms with van der Waals surface area (Å²) < 4.78 is 26.3.